The van der Waals surface area contributed by atoms with Gasteiger partial charge >= 0.3 is 0 Å². The number of nitrogens with zero attached hydrogens (tertiary/aromatic N) is 2. The van der Waals surface area contributed by atoms with Crippen molar-refractivity contribution in [3.63, 3.8) is 0 Å². The Hall–Kier alpha value is -1.15. The first-order valence-corrected chi connectivity index (χ1v) is 7.40. The number of hydrogen-bond acceptors (Lipinski definition) is 4. The molecule has 0 aromatic carbocycles. The van der Waals surface area contributed by atoms with Crippen molar-refractivity contribution in [3.8, 4) is 6.07 Å². The maximum Gasteiger partial charge on any atom is 0.172 e. The van der Waals surface area contributed by atoms with E-state index in [1.165, 1.54) is 12.8 Å². The van der Waals surface area contributed by atoms with Crippen LogP contribution in [0.15, 0.2) is 12.1 Å². The Labute approximate surface area is 122 Å². The lowest BCUT2D eigenvalue weighted by molar-refractivity contribution is -0.229. The van der Waals surface area contributed by atoms with Gasteiger partial charge in [0.15, 0.2) is 5.79 Å². The van der Waals surface area contributed by atoms with Crippen molar-refractivity contribution in [2.75, 3.05) is 13.2 Å². The predicted octanol–water partition coefficient (Wildman–Crippen LogP) is 2.91. The number of hydrogen-bond donors (Lipinski definition) is 0. The minimum Gasteiger partial charge on any atom is -0.347 e. The third-order valence-corrected chi connectivity index (χ3v) is 4.73. The number of rotatable bonds is 2. The van der Waals surface area contributed by atoms with Gasteiger partial charge in [-0.2, -0.15) is 5.26 Å². The van der Waals surface area contributed by atoms with Crippen molar-refractivity contribution in [2.24, 2.45) is 0 Å². The van der Waals surface area contributed by atoms with Gasteiger partial charge < -0.3 is 9.47 Å². The number of nitriles is 1. The lowest BCUT2D eigenvalue weighted by atomic mass is 9.61. The first-order chi connectivity index (χ1) is 9.65. The van der Waals surface area contributed by atoms with E-state index in [9.17, 15) is 5.26 Å². The first-order valence-electron chi connectivity index (χ1n) is 7.02. The molecule has 1 saturated heterocycles. The molecule has 104 valence electrons. The summed E-state index contributed by atoms with van der Waals surface area (Å²) in [4.78, 5) is 4.38. The lowest BCUT2D eigenvalue weighted by Gasteiger charge is -2.48. The van der Waals surface area contributed by atoms with E-state index in [1.54, 1.807) is 0 Å². The summed E-state index contributed by atoms with van der Waals surface area (Å²) >= 11 is 6.13. The van der Waals surface area contributed by atoms with Gasteiger partial charge in [-0.3, -0.25) is 0 Å². The molecule has 20 heavy (non-hydrogen) atoms. The highest BCUT2D eigenvalue weighted by molar-refractivity contribution is 6.29. The van der Waals surface area contributed by atoms with Crippen LogP contribution in [0.1, 0.15) is 42.9 Å². The number of halogens is 1. The van der Waals surface area contributed by atoms with Crippen molar-refractivity contribution < 1.29 is 9.47 Å². The highest BCUT2D eigenvalue weighted by atomic mass is 35.5. The number of pyridine rings is 1. The fourth-order valence-corrected chi connectivity index (χ4v) is 3.51. The molecule has 2 heterocycles. The molecule has 4 rings (SSSR count). The summed E-state index contributed by atoms with van der Waals surface area (Å²) in [7, 11) is 0. The summed E-state index contributed by atoms with van der Waals surface area (Å²) in [5.74, 6) is -0.0122. The zero-order valence-corrected chi connectivity index (χ0v) is 11.8. The molecule has 1 aliphatic heterocycles. The van der Waals surface area contributed by atoms with Crippen molar-refractivity contribution in [3.05, 3.63) is 28.5 Å². The van der Waals surface area contributed by atoms with Gasteiger partial charge in [0.05, 0.1) is 24.7 Å². The van der Waals surface area contributed by atoms with Crippen LogP contribution in [-0.4, -0.2) is 24.0 Å². The van der Waals surface area contributed by atoms with Gasteiger partial charge in [0.25, 0.3) is 0 Å². The molecule has 2 aliphatic carbocycles. The molecule has 0 unspecified atom stereocenters. The second kappa shape index (κ2) is 4.17. The first kappa shape index (κ1) is 12.6. The van der Waals surface area contributed by atoms with Crippen molar-refractivity contribution in [1.29, 1.82) is 5.26 Å². The molecule has 0 atom stereocenters. The van der Waals surface area contributed by atoms with E-state index >= 15 is 0 Å². The van der Waals surface area contributed by atoms with Crippen LogP contribution in [-0.2, 0) is 14.9 Å². The third-order valence-electron chi connectivity index (χ3n) is 4.53. The van der Waals surface area contributed by atoms with Crippen LogP contribution in [0, 0.1) is 11.3 Å². The van der Waals surface area contributed by atoms with E-state index in [4.69, 9.17) is 21.1 Å². The summed E-state index contributed by atoms with van der Waals surface area (Å²) in [6, 6.07) is 6.32. The highest BCUT2D eigenvalue weighted by Crippen LogP contribution is 2.54. The predicted molar refractivity (Wildman–Crippen MR) is 72.4 cm³/mol. The fraction of sp³-hybridized carbons (Fsp3) is 0.600. The summed E-state index contributed by atoms with van der Waals surface area (Å²) in [5, 5.41) is 10.1. The van der Waals surface area contributed by atoms with E-state index in [-0.39, 0.29) is 0 Å². The average Bonchev–Trinajstić information content (AvgIpc) is 3.14. The van der Waals surface area contributed by atoms with Crippen LogP contribution in [0.2, 0.25) is 5.15 Å². The summed E-state index contributed by atoms with van der Waals surface area (Å²) in [6.45, 7) is 1.23. The Morgan fingerprint density at radius 2 is 1.95 bits per heavy atom. The van der Waals surface area contributed by atoms with E-state index in [1.807, 2.05) is 6.07 Å². The van der Waals surface area contributed by atoms with Crippen LogP contribution in [0.5, 0.6) is 0 Å². The zero-order chi connectivity index (χ0) is 13.8. The molecule has 1 spiro atoms. The SMILES string of the molecule is N#CC1(c2cc(Cl)nc(C3CC3)c2)CC2(C1)OCCO2. The van der Waals surface area contributed by atoms with E-state index in [0.29, 0.717) is 37.1 Å². The smallest absolute Gasteiger partial charge is 0.172 e. The molecule has 1 aromatic rings. The van der Waals surface area contributed by atoms with E-state index in [2.05, 4.69) is 17.1 Å². The lowest BCUT2D eigenvalue weighted by Crippen LogP contribution is -2.54. The second-order valence-electron chi connectivity index (χ2n) is 6.03. The highest BCUT2D eigenvalue weighted by Gasteiger charge is 2.60. The maximum atomic E-state index is 9.65. The standard InChI is InChI=1S/C15H15ClN2O2/c16-13-6-11(5-12(18-13)10-1-2-10)14(9-17)7-15(8-14)19-3-4-20-15/h5-6,10H,1-4,7-8H2. The summed E-state index contributed by atoms with van der Waals surface area (Å²) < 4.78 is 11.3. The van der Waals surface area contributed by atoms with Gasteiger partial charge in [-0.05, 0) is 30.5 Å². The number of ether oxygens (including phenoxy) is 2. The Balaban J connectivity index is 1.67. The van der Waals surface area contributed by atoms with E-state index in [0.717, 1.165) is 11.3 Å². The second-order valence-corrected chi connectivity index (χ2v) is 6.42. The monoisotopic (exact) mass is 290 g/mol. The molecule has 2 saturated carbocycles. The Morgan fingerprint density at radius 1 is 1.25 bits per heavy atom. The molecule has 0 bridgehead atoms. The van der Waals surface area contributed by atoms with Crippen molar-refractivity contribution in [2.45, 2.75) is 42.8 Å². The van der Waals surface area contributed by atoms with Gasteiger partial charge in [-0.25, -0.2) is 4.98 Å². The summed E-state index contributed by atoms with van der Waals surface area (Å²) in [5.41, 5.74) is 1.45. The Bertz CT molecular complexity index is 592. The van der Waals surface area contributed by atoms with Crippen LogP contribution in [0.25, 0.3) is 0 Å². The molecule has 4 nitrogen and oxygen atoms in total. The van der Waals surface area contributed by atoms with Gasteiger partial charge in [0, 0.05) is 24.5 Å². The topological polar surface area (TPSA) is 55.1 Å². The molecule has 0 amide bonds. The average molecular weight is 291 g/mol. The van der Waals surface area contributed by atoms with Gasteiger partial charge in [-0.15, -0.1) is 0 Å². The molecule has 1 aromatic heterocycles. The largest absolute Gasteiger partial charge is 0.347 e. The molecule has 0 N–H and O–H groups in total. The fourth-order valence-electron chi connectivity index (χ4n) is 3.30. The Morgan fingerprint density at radius 3 is 2.55 bits per heavy atom. The zero-order valence-electron chi connectivity index (χ0n) is 11.1. The van der Waals surface area contributed by atoms with Crippen LogP contribution in [0.3, 0.4) is 0 Å². The number of aromatic nitrogens is 1. The molecule has 5 heteroatoms. The molecular weight excluding hydrogens is 276 g/mol. The van der Waals surface area contributed by atoms with Gasteiger partial charge in [0.1, 0.15) is 5.15 Å². The Kier molecular flexibility index (Phi) is 2.62. The van der Waals surface area contributed by atoms with Crippen molar-refractivity contribution >= 4 is 11.6 Å². The van der Waals surface area contributed by atoms with Crippen molar-refractivity contribution in [1.82, 2.24) is 4.98 Å². The molecule has 3 aliphatic rings. The third kappa shape index (κ3) is 1.85. The van der Waals surface area contributed by atoms with Gasteiger partial charge in [0.2, 0.25) is 0 Å². The normalized spacial score (nSPS) is 26.2. The quantitative estimate of drug-likeness (QED) is 0.786. The van der Waals surface area contributed by atoms with Crippen LogP contribution < -0.4 is 0 Å². The minimum absolute atomic E-state index is 0.480. The van der Waals surface area contributed by atoms with Gasteiger partial charge in [-0.1, -0.05) is 11.6 Å². The summed E-state index contributed by atoms with van der Waals surface area (Å²) in [6.07, 6.45) is 3.51. The maximum absolute atomic E-state index is 9.65. The molecule has 3 fully saturated rings. The van der Waals surface area contributed by atoms with Crippen LogP contribution in [0.4, 0.5) is 0 Å². The van der Waals surface area contributed by atoms with E-state index < -0.39 is 11.2 Å². The molecule has 0 radical (unpaired) electrons. The molecular formula is C15H15ClN2O2. The van der Waals surface area contributed by atoms with Crippen LogP contribution >= 0.6 is 11.6 Å². The minimum atomic E-state index is -0.541.